The van der Waals surface area contributed by atoms with Gasteiger partial charge in [0.1, 0.15) is 42.0 Å². The molecule has 1 aromatic heterocycles. The van der Waals surface area contributed by atoms with Crippen LogP contribution in [0.25, 0.3) is 0 Å². The molecule has 19 heavy (non-hydrogen) atoms. The second kappa shape index (κ2) is 6.15. The minimum absolute atomic E-state index is 0.118. The van der Waals surface area contributed by atoms with E-state index in [-0.39, 0.29) is 13.2 Å². The van der Waals surface area contributed by atoms with Crippen LogP contribution in [0.2, 0.25) is 0 Å². The van der Waals surface area contributed by atoms with Gasteiger partial charge >= 0.3 is 0 Å². The first-order valence-corrected chi connectivity index (χ1v) is 5.79. The molecule has 0 aliphatic rings. The van der Waals surface area contributed by atoms with Crippen LogP contribution in [0.4, 0.5) is 0 Å². The van der Waals surface area contributed by atoms with Gasteiger partial charge in [-0.15, -0.1) is 0 Å². The molecule has 0 unspecified atom stereocenters. The fourth-order valence-corrected chi connectivity index (χ4v) is 1.60. The topological polar surface area (TPSA) is 61.1 Å². The summed E-state index contributed by atoms with van der Waals surface area (Å²) in [7, 11) is 3.16. The number of methoxy groups -OCH3 is 2. The van der Waals surface area contributed by atoms with Gasteiger partial charge in [-0.05, 0) is 12.1 Å². The summed E-state index contributed by atoms with van der Waals surface area (Å²) in [5.74, 6) is 3.10. The molecule has 5 nitrogen and oxygen atoms in total. The number of hydrogen-bond acceptors (Lipinski definition) is 5. The van der Waals surface area contributed by atoms with Crippen LogP contribution in [0.1, 0.15) is 11.5 Å². The molecule has 0 saturated heterocycles. The molecule has 1 aromatic carbocycles. The Morgan fingerprint density at radius 2 is 1.53 bits per heavy atom. The minimum Gasteiger partial charge on any atom is -0.496 e. The SMILES string of the molecule is COc1cc(OC)cc(OCc2ccc(CO)o2)c1. The van der Waals surface area contributed by atoms with E-state index in [1.54, 1.807) is 44.6 Å². The zero-order chi connectivity index (χ0) is 13.7. The van der Waals surface area contributed by atoms with Crippen molar-refractivity contribution in [2.45, 2.75) is 13.2 Å². The highest BCUT2D eigenvalue weighted by atomic mass is 16.5. The fraction of sp³-hybridized carbons (Fsp3) is 0.286. The quantitative estimate of drug-likeness (QED) is 0.867. The van der Waals surface area contributed by atoms with Gasteiger partial charge in [-0.2, -0.15) is 0 Å². The lowest BCUT2D eigenvalue weighted by Crippen LogP contribution is -1.95. The molecule has 0 atom stereocenters. The molecule has 2 aromatic rings. The van der Waals surface area contributed by atoms with Crippen LogP contribution in [-0.4, -0.2) is 19.3 Å². The second-order valence-electron chi connectivity index (χ2n) is 3.86. The molecule has 1 heterocycles. The van der Waals surface area contributed by atoms with Crippen molar-refractivity contribution in [3.8, 4) is 17.2 Å². The van der Waals surface area contributed by atoms with Crippen molar-refractivity contribution in [1.82, 2.24) is 0 Å². The third kappa shape index (κ3) is 3.42. The van der Waals surface area contributed by atoms with Crippen molar-refractivity contribution >= 4 is 0 Å². The van der Waals surface area contributed by atoms with Crippen LogP contribution in [0, 0.1) is 0 Å². The van der Waals surface area contributed by atoms with Gasteiger partial charge in [0.2, 0.25) is 0 Å². The van der Waals surface area contributed by atoms with Crippen molar-refractivity contribution < 1.29 is 23.7 Å². The first-order valence-electron chi connectivity index (χ1n) is 5.79. The van der Waals surface area contributed by atoms with Crippen molar-refractivity contribution in [2.24, 2.45) is 0 Å². The van der Waals surface area contributed by atoms with E-state index in [1.807, 2.05) is 0 Å². The molecule has 0 aliphatic carbocycles. The Balaban J connectivity index is 2.05. The zero-order valence-electron chi connectivity index (χ0n) is 10.9. The van der Waals surface area contributed by atoms with E-state index in [2.05, 4.69) is 0 Å². The largest absolute Gasteiger partial charge is 0.496 e. The number of aliphatic hydroxyl groups excluding tert-OH is 1. The summed E-state index contributed by atoms with van der Waals surface area (Å²) in [4.78, 5) is 0. The maximum Gasteiger partial charge on any atom is 0.146 e. The molecule has 0 aliphatic heterocycles. The van der Waals surface area contributed by atoms with Crippen molar-refractivity contribution in [3.05, 3.63) is 41.9 Å². The van der Waals surface area contributed by atoms with Gasteiger partial charge in [0, 0.05) is 18.2 Å². The molecular formula is C14H16O5. The van der Waals surface area contributed by atoms with Gasteiger partial charge in [0.15, 0.2) is 0 Å². The molecule has 0 amide bonds. The van der Waals surface area contributed by atoms with Gasteiger partial charge in [-0.1, -0.05) is 0 Å². The zero-order valence-corrected chi connectivity index (χ0v) is 10.9. The van der Waals surface area contributed by atoms with Gasteiger partial charge in [-0.25, -0.2) is 0 Å². The van der Waals surface area contributed by atoms with E-state index in [9.17, 15) is 0 Å². The van der Waals surface area contributed by atoms with E-state index in [4.69, 9.17) is 23.7 Å². The predicted octanol–water partition coefficient (Wildman–Crippen LogP) is 2.37. The molecule has 0 bridgehead atoms. The van der Waals surface area contributed by atoms with Crippen LogP contribution in [0.15, 0.2) is 34.7 Å². The standard InChI is InChI=1S/C14H16O5/c1-16-12-5-13(17-2)7-14(6-12)18-9-11-4-3-10(8-15)19-11/h3-7,15H,8-9H2,1-2H3. The number of aliphatic hydroxyl groups is 1. The van der Waals surface area contributed by atoms with Gasteiger partial charge in [0.25, 0.3) is 0 Å². The lowest BCUT2D eigenvalue weighted by Gasteiger charge is -2.09. The van der Waals surface area contributed by atoms with Crippen LogP contribution < -0.4 is 14.2 Å². The molecular weight excluding hydrogens is 248 g/mol. The van der Waals surface area contributed by atoms with Gasteiger partial charge in [0.05, 0.1) is 14.2 Å². The summed E-state index contributed by atoms with van der Waals surface area (Å²) in [5.41, 5.74) is 0. The molecule has 0 fully saturated rings. The molecule has 5 heteroatoms. The predicted molar refractivity (Wildman–Crippen MR) is 68.5 cm³/mol. The van der Waals surface area contributed by atoms with Crippen LogP contribution >= 0.6 is 0 Å². The van der Waals surface area contributed by atoms with E-state index in [1.165, 1.54) is 0 Å². The number of rotatable bonds is 6. The normalized spacial score (nSPS) is 10.3. The average molecular weight is 264 g/mol. The highest BCUT2D eigenvalue weighted by molar-refractivity contribution is 5.42. The third-order valence-electron chi connectivity index (χ3n) is 2.58. The van der Waals surface area contributed by atoms with Crippen molar-refractivity contribution in [3.63, 3.8) is 0 Å². The van der Waals surface area contributed by atoms with Gasteiger partial charge in [-0.3, -0.25) is 0 Å². The number of benzene rings is 1. The Hall–Kier alpha value is -2.14. The smallest absolute Gasteiger partial charge is 0.146 e. The Bertz CT molecular complexity index is 510. The summed E-state index contributed by atoms with van der Waals surface area (Å²) in [6.45, 7) is 0.156. The van der Waals surface area contributed by atoms with Crippen molar-refractivity contribution in [2.75, 3.05) is 14.2 Å². The maximum absolute atomic E-state index is 8.91. The van der Waals surface area contributed by atoms with Crippen LogP contribution in [0.3, 0.4) is 0 Å². The minimum atomic E-state index is -0.118. The summed E-state index contributed by atoms with van der Waals surface area (Å²) >= 11 is 0. The number of furan rings is 1. The first kappa shape index (κ1) is 13.3. The Kier molecular flexibility index (Phi) is 4.30. The molecule has 1 N–H and O–H groups in total. The summed E-state index contributed by atoms with van der Waals surface area (Å²) in [6, 6.07) is 8.77. The number of ether oxygens (including phenoxy) is 3. The van der Waals surface area contributed by atoms with E-state index in [0.29, 0.717) is 28.8 Å². The van der Waals surface area contributed by atoms with Crippen molar-refractivity contribution in [1.29, 1.82) is 0 Å². The van der Waals surface area contributed by atoms with Crippen LogP contribution in [0.5, 0.6) is 17.2 Å². The number of hydrogen-bond donors (Lipinski definition) is 1. The summed E-state index contributed by atoms with van der Waals surface area (Å²) in [5, 5.41) is 8.91. The Morgan fingerprint density at radius 3 is 2.05 bits per heavy atom. The van der Waals surface area contributed by atoms with E-state index in [0.717, 1.165) is 0 Å². The molecule has 0 saturated carbocycles. The fourth-order valence-electron chi connectivity index (χ4n) is 1.60. The maximum atomic E-state index is 8.91. The van der Waals surface area contributed by atoms with E-state index < -0.39 is 0 Å². The molecule has 102 valence electrons. The highest BCUT2D eigenvalue weighted by Crippen LogP contribution is 2.28. The van der Waals surface area contributed by atoms with Gasteiger partial charge < -0.3 is 23.7 Å². The van der Waals surface area contributed by atoms with E-state index >= 15 is 0 Å². The molecule has 0 spiro atoms. The Labute approximate surface area is 111 Å². The molecule has 2 rings (SSSR count). The lowest BCUT2D eigenvalue weighted by molar-refractivity contribution is 0.224. The molecule has 0 radical (unpaired) electrons. The summed E-state index contributed by atoms with van der Waals surface area (Å²) in [6.07, 6.45) is 0. The van der Waals surface area contributed by atoms with Crippen LogP contribution in [-0.2, 0) is 13.2 Å². The monoisotopic (exact) mass is 264 g/mol. The highest BCUT2D eigenvalue weighted by Gasteiger charge is 2.05. The lowest BCUT2D eigenvalue weighted by atomic mass is 10.3. The average Bonchev–Trinajstić information content (AvgIpc) is 2.92. The summed E-state index contributed by atoms with van der Waals surface area (Å²) < 4.78 is 21.2. The third-order valence-corrected chi connectivity index (χ3v) is 2.58. The first-order chi connectivity index (χ1) is 9.25. The second-order valence-corrected chi connectivity index (χ2v) is 3.86. The Morgan fingerprint density at radius 1 is 0.947 bits per heavy atom.